The van der Waals surface area contributed by atoms with Gasteiger partial charge in [0.1, 0.15) is 5.82 Å². The van der Waals surface area contributed by atoms with E-state index >= 15 is 0 Å². The van der Waals surface area contributed by atoms with Crippen LogP contribution >= 0.6 is 0 Å². The molecular formula is C11H16N4O. The van der Waals surface area contributed by atoms with E-state index in [0.717, 1.165) is 5.69 Å². The zero-order valence-electron chi connectivity index (χ0n) is 9.07. The van der Waals surface area contributed by atoms with Crippen molar-refractivity contribution >= 4 is 11.7 Å². The zero-order chi connectivity index (χ0) is 11.8. The Labute approximate surface area is 94.8 Å². The monoisotopic (exact) mass is 220 g/mol. The summed E-state index contributed by atoms with van der Waals surface area (Å²) in [6.07, 6.45) is 1.25. The summed E-state index contributed by atoms with van der Waals surface area (Å²) in [7, 11) is 0. The maximum Gasteiger partial charge on any atom is 0.243 e. The van der Waals surface area contributed by atoms with Crippen molar-refractivity contribution in [3.8, 4) is 0 Å². The van der Waals surface area contributed by atoms with Crippen LogP contribution in [0.5, 0.6) is 0 Å². The Morgan fingerprint density at radius 1 is 1.50 bits per heavy atom. The van der Waals surface area contributed by atoms with Crippen molar-refractivity contribution in [2.24, 2.45) is 0 Å². The van der Waals surface area contributed by atoms with Gasteiger partial charge in [0, 0.05) is 19.6 Å². The number of nitrogens with one attached hydrogen (secondary N) is 2. The third-order valence-electron chi connectivity index (χ3n) is 1.92. The van der Waals surface area contributed by atoms with Gasteiger partial charge in [-0.3, -0.25) is 4.79 Å². The molecule has 0 aliphatic heterocycles. The van der Waals surface area contributed by atoms with Gasteiger partial charge in [0.15, 0.2) is 0 Å². The zero-order valence-corrected chi connectivity index (χ0v) is 9.07. The molecule has 5 nitrogen and oxygen atoms in total. The minimum absolute atomic E-state index is 0.163. The first kappa shape index (κ1) is 12.2. The normalized spacial score (nSPS) is 9.75. The topological polar surface area (TPSA) is 80.0 Å². The van der Waals surface area contributed by atoms with E-state index in [2.05, 4.69) is 22.2 Å². The molecule has 0 unspecified atom stereocenters. The smallest absolute Gasteiger partial charge is 0.243 e. The summed E-state index contributed by atoms with van der Waals surface area (Å²) < 4.78 is 0. The number of anilines is 1. The quantitative estimate of drug-likeness (QED) is 0.467. The first-order valence-corrected chi connectivity index (χ1v) is 5.05. The Morgan fingerprint density at radius 2 is 2.31 bits per heavy atom. The van der Waals surface area contributed by atoms with E-state index in [-0.39, 0.29) is 5.91 Å². The predicted octanol–water partition coefficient (Wildman–Crippen LogP) is 0.0556. The SMILES string of the molecule is C=CC(=O)NCCNCc1cccc(N)n1. The van der Waals surface area contributed by atoms with Crippen LogP contribution in [0.15, 0.2) is 30.9 Å². The molecule has 0 spiro atoms. The summed E-state index contributed by atoms with van der Waals surface area (Å²) in [5.74, 6) is 0.350. The molecule has 4 N–H and O–H groups in total. The molecule has 0 saturated carbocycles. The Hall–Kier alpha value is -1.88. The molecule has 0 aliphatic rings. The van der Waals surface area contributed by atoms with Gasteiger partial charge in [-0.05, 0) is 18.2 Å². The van der Waals surface area contributed by atoms with Crippen LogP contribution in [0.25, 0.3) is 0 Å². The third-order valence-corrected chi connectivity index (χ3v) is 1.92. The van der Waals surface area contributed by atoms with E-state index in [1.165, 1.54) is 6.08 Å². The predicted molar refractivity (Wildman–Crippen MR) is 63.6 cm³/mol. The highest BCUT2D eigenvalue weighted by molar-refractivity contribution is 5.86. The van der Waals surface area contributed by atoms with Crippen molar-refractivity contribution in [2.75, 3.05) is 18.8 Å². The van der Waals surface area contributed by atoms with Crippen molar-refractivity contribution in [1.82, 2.24) is 15.6 Å². The average molecular weight is 220 g/mol. The molecule has 0 radical (unpaired) electrons. The molecule has 0 fully saturated rings. The van der Waals surface area contributed by atoms with Crippen LogP contribution in [0.4, 0.5) is 5.82 Å². The lowest BCUT2D eigenvalue weighted by molar-refractivity contribution is -0.116. The molecule has 1 aromatic heterocycles. The lowest BCUT2D eigenvalue weighted by Gasteiger charge is -2.05. The lowest BCUT2D eigenvalue weighted by Crippen LogP contribution is -2.30. The van der Waals surface area contributed by atoms with Gasteiger partial charge >= 0.3 is 0 Å². The van der Waals surface area contributed by atoms with Crippen LogP contribution in [0, 0.1) is 0 Å². The van der Waals surface area contributed by atoms with Crippen molar-refractivity contribution in [2.45, 2.75) is 6.54 Å². The minimum Gasteiger partial charge on any atom is -0.384 e. The molecule has 1 rings (SSSR count). The van der Waals surface area contributed by atoms with Gasteiger partial charge in [0.05, 0.1) is 5.69 Å². The van der Waals surface area contributed by atoms with E-state index in [0.29, 0.717) is 25.5 Å². The van der Waals surface area contributed by atoms with E-state index in [1.807, 2.05) is 12.1 Å². The number of pyridine rings is 1. The molecule has 0 aliphatic carbocycles. The number of carbonyl (C=O) groups is 1. The van der Waals surface area contributed by atoms with Gasteiger partial charge in [-0.1, -0.05) is 12.6 Å². The van der Waals surface area contributed by atoms with E-state index < -0.39 is 0 Å². The maximum absolute atomic E-state index is 10.8. The van der Waals surface area contributed by atoms with E-state index in [9.17, 15) is 4.79 Å². The Kier molecular flexibility index (Phi) is 5.01. The second kappa shape index (κ2) is 6.58. The minimum atomic E-state index is -0.163. The largest absolute Gasteiger partial charge is 0.384 e. The second-order valence-corrected chi connectivity index (χ2v) is 3.23. The van der Waals surface area contributed by atoms with Crippen molar-refractivity contribution in [3.05, 3.63) is 36.5 Å². The average Bonchev–Trinajstić information content (AvgIpc) is 2.28. The maximum atomic E-state index is 10.8. The Morgan fingerprint density at radius 3 is 3.00 bits per heavy atom. The molecule has 16 heavy (non-hydrogen) atoms. The van der Waals surface area contributed by atoms with Crippen LogP contribution in [-0.4, -0.2) is 24.0 Å². The number of amides is 1. The van der Waals surface area contributed by atoms with Crippen LogP contribution < -0.4 is 16.4 Å². The first-order valence-electron chi connectivity index (χ1n) is 5.05. The summed E-state index contributed by atoms with van der Waals surface area (Å²) in [5.41, 5.74) is 6.42. The van der Waals surface area contributed by atoms with Gasteiger partial charge in [-0.25, -0.2) is 4.98 Å². The van der Waals surface area contributed by atoms with Gasteiger partial charge < -0.3 is 16.4 Å². The Bertz CT molecular complexity index is 365. The summed E-state index contributed by atoms with van der Waals surface area (Å²) in [4.78, 5) is 14.9. The summed E-state index contributed by atoms with van der Waals surface area (Å²) in [5, 5.41) is 5.81. The molecule has 1 amide bonds. The third kappa shape index (κ3) is 4.56. The fraction of sp³-hybridized carbons (Fsp3) is 0.273. The number of nitrogens with two attached hydrogens (primary N) is 1. The number of carbonyl (C=O) groups excluding carboxylic acids is 1. The summed E-state index contributed by atoms with van der Waals surface area (Å²) in [6, 6.07) is 5.50. The highest BCUT2D eigenvalue weighted by Crippen LogP contribution is 1.99. The number of hydrogen-bond acceptors (Lipinski definition) is 4. The van der Waals surface area contributed by atoms with Gasteiger partial charge in [-0.2, -0.15) is 0 Å². The molecule has 0 atom stereocenters. The van der Waals surface area contributed by atoms with E-state index in [4.69, 9.17) is 5.73 Å². The molecule has 1 heterocycles. The summed E-state index contributed by atoms with van der Waals surface area (Å²) in [6.45, 7) is 5.23. The molecule has 0 saturated heterocycles. The van der Waals surface area contributed by atoms with Crippen molar-refractivity contribution in [1.29, 1.82) is 0 Å². The van der Waals surface area contributed by atoms with Crippen LogP contribution in [0.1, 0.15) is 5.69 Å². The van der Waals surface area contributed by atoms with Crippen molar-refractivity contribution < 1.29 is 4.79 Å². The molecule has 0 bridgehead atoms. The molecule has 5 heteroatoms. The number of hydrogen-bond donors (Lipinski definition) is 3. The number of aromatic nitrogens is 1. The lowest BCUT2D eigenvalue weighted by atomic mass is 10.3. The van der Waals surface area contributed by atoms with Crippen LogP contribution in [0.2, 0.25) is 0 Å². The second-order valence-electron chi connectivity index (χ2n) is 3.23. The van der Waals surface area contributed by atoms with Gasteiger partial charge in [-0.15, -0.1) is 0 Å². The fourth-order valence-corrected chi connectivity index (χ4v) is 1.16. The van der Waals surface area contributed by atoms with Gasteiger partial charge in [0.25, 0.3) is 0 Å². The summed E-state index contributed by atoms with van der Waals surface area (Å²) >= 11 is 0. The number of nitrogens with zero attached hydrogens (tertiary/aromatic N) is 1. The molecule has 86 valence electrons. The van der Waals surface area contributed by atoms with Gasteiger partial charge in [0.2, 0.25) is 5.91 Å². The van der Waals surface area contributed by atoms with Crippen LogP contribution in [-0.2, 0) is 11.3 Å². The molecule has 1 aromatic rings. The standard InChI is InChI=1S/C11H16N4O/c1-2-11(16)14-7-6-13-8-9-4-3-5-10(12)15-9/h2-5,13H,1,6-8H2,(H2,12,15)(H,14,16). The van der Waals surface area contributed by atoms with Crippen molar-refractivity contribution in [3.63, 3.8) is 0 Å². The Balaban J connectivity index is 2.16. The molecule has 0 aromatic carbocycles. The molecular weight excluding hydrogens is 204 g/mol. The number of nitrogen functional groups attached to an aromatic ring is 1. The highest BCUT2D eigenvalue weighted by Gasteiger charge is 1.95. The number of rotatable bonds is 6. The fourth-order valence-electron chi connectivity index (χ4n) is 1.16. The van der Waals surface area contributed by atoms with Crippen LogP contribution in [0.3, 0.4) is 0 Å². The highest BCUT2D eigenvalue weighted by atomic mass is 16.1. The van der Waals surface area contributed by atoms with E-state index in [1.54, 1.807) is 6.07 Å². The first-order chi connectivity index (χ1) is 7.72.